The summed E-state index contributed by atoms with van der Waals surface area (Å²) in [5.74, 6) is -1.42. The lowest BCUT2D eigenvalue weighted by Crippen LogP contribution is -2.18. The van der Waals surface area contributed by atoms with Gasteiger partial charge in [-0.15, -0.1) is 0 Å². The van der Waals surface area contributed by atoms with E-state index in [4.69, 9.17) is 18.9 Å². The van der Waals surface area contributed by atoms with E-state index >= 15 is 0 Å². The number of carbonyl (C=O) groups excluding carboxylic acids is 3. The molecule has 4 aromatic rings. The minimum atomic E-state index is -1.13. The number of aryl methyl sites for hydroxylation is 2. The van der Waals surface area contributed by atoms with Gasteiger partial charge in [-0.25, -0.2) is 14.4 Å². The largest absolute Gasteiger partial charge is 0.519 e. The fourth-order valence-corrected chi connectivity index (χ4v) is 4.53. The summed E-state index contributed by atoms with van der Waals surface area (Å²) >= 11 is 0. The maximum Gasteiger partial charge on any atom is 0.519 e. The number of hydrogen-bond donors (Lipinski definition) is 0. The van der Waals surface area contributed by atoms with Crippen LogP contribution in [-0.2, 0) is 22.3 Å². The quantitative estimate of drug-likeness (QED) is 0.172. The van der Waals surface area contributed by atoms with Crippen molar-refractivity contribution in [1.82, 2.24) is 0 Å². The van der Waals surface area contributed by atoms with Crippen molar-refractivity contribution in [3.63, 3.8) is 0 Å². The Kier molecular flexibility index (Phi) is 8.96. The first kappa shape index (κ1) is 28.1. The zero-order chi connectivity index (χ0) is 28.6. The van der Waals surface area contributed by atoms with Gasteiger partial charge in [0, 0.05) is 0 Å². The lowest BCUT2D eigenvalue weighted by molar-refractivity contribution is 0.0590. The molecule has 0 aliphatic rings. The Labute approximate surface area is 233 Å². The SMILES string of the molecule is CCc1ccccc1-c1ccc(OC(=O)Oc2ccc(-c3ccccc3CC)cc2C(=O)OC)c(C(=O)OC)c1. The molecule has 0 aliphatic carbocycles. The van der Waals surface area contributed by atoms with Gasteiger partial charge in [0.25, 0.3) is 0 Å². The standard InChI is InChI=1S/C33H30O7/c1-5-21-11-7-9-13-25(21)23-15-17-29(27(19-23)31(34)37-3)39-33(36)40-30-18-16-24(20-28(30)32(35)38-4)26-14-10-8-12-22(26)6-2/h7-20H,5-6H2,1-4H3. The van der Waals surface area contributed by atoms with Crippen LogP contribution in [0.15, 0.2) is 84.9 Å². The van der Waals surface area contributed by atoms with E-state index in [1.54, 1.807) is 24.3 Å². The third kappa shape index (κ3) is 6.04. The highest BCUT2D eigenvalue weighted by atomic mass is 16.7. The molecule has 7 heteroatoms. The summed E-state index contributed by atoms with van der Waals surface area (Å²) in [4.78, 5) is 38.1. The van der Waals surface area contributed by atoms with Gasteiger partial charge in [-0.05, 0) is 70.5 Å². The van der Waals surface area contributed by atoms with Crippen LogP contribution in [0.5, 0.6) is 11.5 Å². The molecule has 0 aromatic heterocycles. The molecular formula is C33H30O7. The van der Waals surface area contributed by atoms with Gasteiger partial charge in [0.1, 0.15) is 22.6 Å². The summed E-state index contributed by atoms with van der Waals surface area (Å²) in [6, 6.07) is 25.4. The second-order valence-corrected chi connectivity index (χ2v) is 8.88. The molecule has 204 valence electrons. The first-order valence-electron chi connectivity index (χ1n) is 12.9. The Morgan fingerprint density at radius 1 is 0.575 bits per heavy atom. The average molecular weight is 539 g/mol. The molecule has 4 rings (SSSR count). The molecule has 0 saturated heterocycles. The molecule has 0 radical (unpaired) electrons. The van der Waals surface area contributed by atoms with Crippen LogP contribution in [0.1, 0.15) is 45.7 Å². The lowest BCUT2D eigenvalue weighted by Gasteiger charge is -2.14. The fourth-order valence-electron chi connectivity index (χ4n) is 4.53. The van der Waals surface area contributed by atoms with Crippen LogP contribution in [0.3, 0.4) is 0 Å². The number of ether oxygens (including phenoxy) is 4. The summed E-state index contributed by atoms with van der Waals surface area (Å²) in [5.41, 5.74) is 5.78. The van der Waals surface area contributed by atoms with Crippen LogP contribution in [-0.4, -0.2) is 32.3 Å². The molecule has 0 aliphatic heterocycles. The Bertz CT molecular complexity index is 1440. The van der Waals surface area contributed by atoms with Crippen LogP contribution in [0.4, 0.5) is 4.79 Å². The zero-order valence-corrected chi connectivity index (χ0v) is 22.9. The van der Waals surface area contributed by atoms with Gasteiger partial charge in [0.05, 0.1) is 14.2 Å². The summed E-state index contributed by atoms with van der Waals surface area (Å²) in [7, 11) is 2.50. The van der Waals surface area contributed by atoms with Gasteiger partial charge in [-0.2, -0.15) is 0 Å². The van der Waals surface area contributed by atoms with E-state index in [2.05, 4.69) is 0 Å². The van der Waals surface area contributed by atoms with Crippen molar-refractivity contribution in [2.24, 2.45) is 0 Å². The third-order valence-corrected chi connectivity index (χ3v) is 6.57. The fraction of sp³-hybridized carbons (Fsp3) is 0.182. The normalized spacial score (nSPS) is 10.5. The smallest absolute Gasteiger partial charge is 0.465 e. The Morgan fingerprint density at radius 2 is 0.975 bits per heavy atom. The van der Waals surface area contributed by atoms with E-state index in [0.29, 0.717) is 0 Å². The molecule has 0 fully saturated rings. The van der Waals surface area contributed by atoms with E-state index in [0.717, 1.165) is 46.2 Å². The van der Waals surface area contributed by atoms with Gasteiger partial charge < -0.3 is 18.9 Å². The second kappa shape index (κ2) is 12.8. The maximum absolute atomic E-state index is 12.9. The molecule has 0 heterocycles. The summed E-state index contributed by atoms with van der Waals surface area (Å²) in [5, 5.41) is 0. The molecule has 7 nitrogen and oxygen atoms in total. The minimum Gasteiger partial charge on any atom is -0.465 e. The molecule has 0 amide bonds. The second-order valence-electron chi connectivity index (χ2n) is 8.88. The van der Waals surface area contributed by atoms with Crippen LogP contribution >= 0.6 is 0 Å². The van der Waals surface area contributed by atoms with Crippen molar-refractivity contribution in [2.75, 3.05) is 14.2 Å². The number of esters is 2. The molecule has 40 heavy (non-hydrogen) atoms. The highest BCUT2D eigenvalue weighted by Gasteiger charge is 2.22. The number of carbonyl (C=O) groups is 3. The van der Waals surface area contributed by atoms with E-state index in [9.17, 15) is 14.4 Å². The van der Waals surface area contributed by atoms with E-state index in [1.807, 2.05) is 62.4 Å². The first-order valence-corrected chi connectivity index (χ1v) is 12.9. The highest BCUT2D eigenvalue weighted by molar-refractivity contribution is 5.96. The number of benzene rings is 4. The van der Waals surface area contributed by atoms with Crippen LogP contribution in [0, 0.1) is 0 Å². The monoisotopic (exact) mass is 538 g/mol. The highest BCUT2D eigenvalue weighted by Crippen LogP contribution is 2.32. The molecule has 0 spiro atoms. The molecule has 0 atom stereocenters. The Morgan fingerprint density at radius 3 is 1.35 bits per heavy atom. The first-order chi connectivity index (χ1) is 19.4. The molecule has 0 bridgehead atoms. The maximum atomic E-state index is 12.9. The predicted octanol–water partition coefficient (Wildman–Crippen LogP) is 7.30. The zero-order valence-electron chi connectivity index (χ0n) is 22.9. The van der Waals surface area contributed by atoms with Crippen LogP contribution in [0.2, 0.25) is 0 Å². The van der Waals surface area contributed by atoms with E-state index in [1.165, 1.54) is 26.4 Å². The number of rotatable bonds is 8. The van der Waals surface area contributed by atoms with Crippen molar-refractivity contribution in [1.29, 1.82) is 0 Å². The summed E-state index contributed by atoms with van der Waals surface area (Å²) < 4.78 is 20.7. The van der Waals surface area contributed by atoms with Gasteiger partial charge in [-0.3, -0.25) is 0 Å². The van der Waals surface area contributed by atoms with Crippen LogP contribution < -0.4 is 9.47 Å². The third-order valence-electron chi connectivity index (χ3n) is 6.57. The topological polar surface area (TPSA) is 88.1 Å². The molecule has 4 aromatic carbocycles. The predicted molar refractivity (Wildman–Crippen MR) is 152 cm³/mol. The van der Waals surface area contributed by atoms with Crippen LogP contribution in [0.25, 0.3) is 22.3 Å². The summed E-state index contributed by atoms with van der Waals surface area (Å²) in [6.07, 6.45) is 0.484. The van der Waals surface area contributed by atoms with Crippen molar-refractivity contribution in [2.45, 2.75) is 26.7 Å². The van der Waals surface area contributed by atoms with E-state index in [-0.39, 0.29) is 22.6 Å². The average Bonchev–Trinajstić information content (AvgIpc) is 3.00. The molecule has 0 saturated carbocycles. The van der Waals surface area contributed by atoms with Gasteiger partial charge in [0.2, 0.25) is 0 Å². The number of methoxy groups -OCH3 is 2. The van der Waals surface area contributed by atoms with E-state index < -0.39 is 18.1 Å². The van der Waals surface area contributed by atoms with Gasteiger partial charge in [0.15, 0.2) is 0 Å². The lowest BCUT2D eigenvalue weighted by atomic mass is 9.96. The molecule has 0 N–H and O–H groups in total. The van der Waals surface area contributed by atoms with Crippen molar-refractivity contribution in [3.05, 3.63) is 107 Å². The van der Waals surface area contributed by atoms with Crippen molar-refractivity contribution < 1.29 is 33.3 Å². The summed E-state index contributed by atoms with van der Waals surface area (Å²) in [6.45, 7) is 4.09. The molecule has 0 unspecified atom stereocenters. The number of hydrogen-bond acceptors (Lipinski definition) is 7. The van der Waals surface area contributed by atoms with Gasteiger partial charge in [-0.1, -0.05) is 74.5 Å². The van der Waals surface area contributed by atoms with Crippen molar-refractivity contribution in [3.8, 4) is 33.8 Å². The minimum absolute atomic E-state index is 0.0392. The van der Waals surface area contributed by atoms with Gasteiger partial charge >= 0.3 is 18.1 Å². The molecular weight excluding hydrogens is 508 g/mol. The van der Waals surface area contributed by atoms with Crippen molar-refractivity contribution >= 4 is 18.1 Å². The Balaban J connectivity index is 1.64. The Hall–Kier alpha value is -4.91.